The Bertz CT molecular complexity index is 1680. The van der Waals surface area contributed by atoms with Crippen molar-refractivity contribution in [2.24, 2.45) is 11.8 Å². The zero-order valence-corrected chi connectivity index (χ0v) is 25.1. The fraction of sp³-hybridized carbons (Fsp3) is 0.438. The van der Waals surface area contributed by atoms with Crippen LogP contribution in [-0.2, 0) is 9.59 Å². The van der Waals surface area contributed by atoms with E-state index in [0.717, 1.165) is 34.6 Å². The van der Waals surface area contributed by atoms with Crippen molar-refractivity contribution in [2.75, 3.05) is 36.8 Å². The zero-order valence-electron chi connectivity index (χ0n) is 24.3. The molecule has 4 aromatic rings. The summed E-state index contributed by atoms with van der Waals surface area (Å²) in [4.78, 5) is 36.7. The van der Waals surface area contributed by atoms with Crippen molar-refractivity contribution >= 4 is 50.0 Å². The summed E-state index contributed by atoms with van der Waals surface area (Å²) in [6.07, 6.45) is 14.7. The number of likely N-dealkylation sites (tertiary alicyclic amines) is 2. The van der Waals surface area contributed by atoms with Crippen LogP contribution in [0.1, 0.15) is 61.5 Å². The largest absolute Gasteiger partial charge is 0.310 e. The minimum absolute atomic E-state index is 0.0285. The summed E-state index contributed by atoms with van der Waals surface area (Å²) in [6, 6.07) is 10.5. The molecule has 0 radical (unpaired) electrons. The van der Waals surface area contributed by atoms with Crippen LogP contribution < -0.4 is 10.6 Å². The molecule has 2 amide bonds. The number of carbonyl (C=O) groups excluding carboxylic acids is 2. The number of nitriles is 2. The smallest absolute Gasteiger partial charge is 0.231 e. The van der Waals surface area contributed by atoms with Crippen LogP contribution in [0, 0.1) is 34.7 Å². The van der Waals surface area contributed by atoms with Gasteiger partial charge in [0.15, 0.2) is 23.3 Å². The average molecular weight is 608 g/mol. The lowest BCUT2D eigenvalue weighted by molar-refractivity contribution is -0.120. The Morgan fingerprint density at radius 3 is 2.07 bits per heavy atom. The lowest BCUT2D eigenvalue weighted by Gasteiger charge is -2.08. The Balaban J connectivity index is 0.000000142. The molecule has 224 valence electrons. The van der Waals surface area contributed by atoms with Gasteiger partial charge in [0.25, 0.3) is 0 Å². The number of fused-ring (bicyclic) bond motifs is 2. The monoisotopic (exact) mass is 607 g/mol. The fourth-order valence-electron chi connectivity index (χ4n) is 5.96. The van der Waals surface area contributed by atoms with Crippen LogP contribution in [0.15, 0.2) is 42.7 Å². The fourth-order valence-corrected chi connectivity index (χ4v) is 6.88. The highest BCUT2D eigenvalue weighted by molar-refractivity contribution is 7.22. The van der Waals surface area contributed by atoms with Gasteiger partial charge in [-0.2, -0.15) is 10.5 Å². The van der Waals surface area contributed by atoms with Crippen molar-refractivity contribution in [3.05, 3.63) is 53.9 Å². The molecule has 0 spiro atoms. The van der Waals surface area contributed by atoms with E-state index < -0.39 is 0 Å². The van der Waals surface area contributed by atoms with E-state index in [9.17, 15) is 9.59 Å². The van der Waals surface area contributed by atoms with Crippen molar-refractivity contribution in [2.45, 2.75) is 50.4 Å². The number of thiazole rings is 1. The van der Waals surface area contributed by atoms with Gasteiger partial charge in [0.2, 0.25) is 11.8 Å². The predicted octanol–water partition coefficient (Wildman–Crippen LogP) is 4.87. The molecule has 2 aliphatic heterocycles. The molecule has 8 rings (SSSR count). The van der Waals surface area contributed by atoms with Gasteiger partial charge in [0.05, 0.1) is 28.2 Å². The quantitative estimate of drug-likeness (QED) is 0.296. The van der Waals surface area contributed by atoms with Crippen LogP contribution in [0.5, 0.6) is 0 Å². The Kier molecular flexibility index (Phi) is 7.52. The van der Waals surface area contributed by atoms with Gasteiger partial charge in [0.1, 0.15) is 5.65 Å². The van der Waals surface area contributed by atoms with Crippen LogP contribution >= 0.6 is 11.3 Å². The van der Waals surface area contributed by atoms with Crippen molar-refractivity contribution < 1.29 is 9.59 Å². The standard InChI is InChI=1S/C16H17N5O.C16H16N4OS/c17-10-20-6-5-13(7-20)16(22)19-14-9-21-8-12(11-1-2-11)3-4-15(21)18-14;17-9-20-6-5-12(8-20)15(21)19-16-18-13-4-3-11(10-1-2-10)7-14(13)22-16/h3-4,8-9,11,13H,1-2,5-7H2,(H,19,22);3-4,7,10,12H,1-2,5-6,8H2,(H,18,19,21)/t13-;/m0./s1. The van der Waals surface area contributed by atoms with Gasteiger partial charge in [-0.1, -0.05) is 23.5 Å². The van der Waals surface area contributed by atoms with Gasteiger partial charge >= 0.3 is 0 Å². The highest BCUT2D eigenvalue weighted by atomic mass is 32.1. The molecular weight excluding hydrogens is 574 g/mol. The summed E-state index contributed by atoms with van der Waals surface area (Å²) in [5, 5.41) is 24.2. The number of hydrogen-bond acceptors (Lipinski definition) is 9. The van der Waals surface area contributed by atoms with Crippen LogP contribution in [0.3, 0.4) is 0 Å². The number of imidazole rings is 1. The molecule has 3 aromatic heterocycles. The van der Waals surface area contributed by atoms with Gasteiger partial charge in [0, 0.05) is 32.4 Å². The van der Waals surface area contributed by atoms with Crippen molar-refractivity contribution in [3.8, 4) is 12.4 Å². The first-order chi connectivity index (χ1) is 21.4. The Hall–Kier alpha value is -4.68. The topological polar surface area (TPSA) is 142 Å². The zero-order chi connectivity index (χ0) is 30.2. The van der Waals surface area contributed by atoms with Crippen LogP contribution in [0.25, 0.3) is 15.9 Å². The molecule has 12 heteroatoms. The minimum Gasteiger partial charge on any atom is -0.310 e. The number of pyridine rings is 1. The molecule has 2 aliphatic carbocycles. The van der Waals surface area contributed by atoms with E-state index in [4.69, 9.17) is 10.5 Å². The van der Waals surface area contributed by atoms with Gasteiger partial charge in [-0.25, -0.2) is 9.97 Å². The first-order valence-electron chi connectivity index (χ1n) is 15.3. The highest BCUT2D eigenvalue weighted by Gasteiger charge is 2.30. The lowest BCUT2D eigenvalue weighted by atomic mass is 10.1. The Labute approximate surface area is 259 Å². The summed E-state index contributed by atoms with van der Waals surface area (Å²) >= 11 is 1.53. The van der Waals surface area contributed by atoms with Gasteiger partial charge in [-0.05, 0) is 79.7 Å². The third-order valence-corrected chi connectivity index (χ3v) is 9.80. The minimum atomic E-state index is -0.133. The molecule has 44 heavy (non-hydrogen) atoms. The van der Waals surface area contributed by atoms with Crippen molar-refractivity contribution in [1.82, 2.24) is 24.2 Å². The van der Waals surface area contributed by atoms with Gasteiger partial charge in [-0.15, -0.1) is 0 Å². The molecule has 2 N–H and O–H groups in total. The van der Waals surface area contributed by atoms with Crippen LogP contribution in [0.2, 0.25) is 0 Å². The SMILES string of the molecule is N#CN1CCC(C(=O)Nc2nc3ccc(C4CC4)cc3s2)C1.N#CN1CC[C@H](C(=O)Nc2cn3cc(C4CC4)ccc3n2)C1. The second kappa shape index (κ2) is 11.8. The first kappa shape index (κ1) is 28.1. The summed E-state index contributed by atoms with van der Waals surface area (Å²) in [5.74, 6) is 1.66. The first-order valence-corrected chi connectivity index (χ1v) is 16.1. The molecule has 2 saturated carbocycles. The molecule has 0 bridgehead atoms. The number of aromatic nitrogens is 3. The molecule has 2 saturated heterocycles. The van der Waals surface area contributed by atoms with Crippen LogP contribution in [0.4, 0.5) is 10.9 Å². The highest BCUT2D eigenvalue weighted by Crippen LogP contribution is 2.42. The van der Waals surface area contributed by atoms with E-state index in [2.05, 4.69) is 57.4 Å². The number of benzene rings is 1. The normalized spacial score (nSPS) is 21.0. The number of nitrogens with one attached hydrogen (secondary N) is 2. The predicted molar refractivity (Wildman–Crippen MR) is 167 cm³/mol. The summed E-state index contributed by atoms with van der Waals surface area (Å²) < 4.78 is 3.10. The maximum atomic E-state index is 12.3. The molecule has 4 aliphatic rings. The number of carbonyl (C=O) groups is 2. The maximum Gasteiger partial charge on any atom is 0.231 e. The van der Waals surface area contributed by atoms with Crippen molar-refractivity contribution in [3.63, 3.8) is 0 Å². The number of hydrogen-bond donors (Lipinski definition) is 2. The molecule has 1 aromatic carbocycles. The van der Waals surface area contributed by atoms with E-state index in [1.165, 1.54) is 48.1 Å². The van der Waals surface area contributed by atoms with Crippen LogP contribution in [-0.4, -0.2) is 62.2 Å². The summed E-state index contributed by atoms with van der Waals surface area (Å²) in [6.45, 7) is 2.34. The molecule has 5 heterocycles. The molecule has 11 nitrogen and oxygen atoms in total. The van der Waals surface area contributed by atoms with Gasteiger partial charge < -0.3 is 24.8 Å². The molecule has 2 atom stereocenters. The maximum absolute atomic E-state index is 12.3. The molecule has 1 unspecified atom stereocenters. The number of anilines is 2. The summed E-state index contributed by atoms with van der Waals surface area (Å²) in [7, 11) is 0. The van der Waals surface area contributed by atoms with E-state index >= 15 is 0 Å². The average Bonchev–Trinajstić information content (AvgIpc) is 3.85. The molecular formula is C32H33N9O2S. The van der Waals surface area contributed by atoms with Gasteiger partial charge in [-0.3, -0.25) is 9.59 Å². The summed E-state index contributed by atoms with van der Waals surface area (Å²) in [5.41, 5.74) is 4.50. The second-order valence-electron chi connectivity index (χ2n) is 12.2. The van der Waals surface area contributed by atoms with E-state index in [1.807, 2.05) is 22.7 Å². The third kappa shape index (κ3) is 6.17. The Morgan fingerprint density at radius 2 is 1.43 bits per heavy atom. The third-order valence-electron chi connectivity index (χ3n) is 8.87. The molecule has 4 fully saturated rings. The van der Waals surface area contributed by atoms with Crippen molar-refractivity contribution in [1.29, 1.82) is 10.5 Å². The lowest BCUT2D eigenvalue weighted by Crippen LogP contribution is -2.25. The number of rotatable bonds is 6. The Morgan fingerprint density at radius 1 is 0.795 bits per heavy atom. The van der Waals surface area contributed by atoms with E-state index in [-0.39, 0.29) is 23.7 Å². The van der Waals surface area contributed by atoms with E-state index in [0.29, 0.717) is 43.0 Å². The second-order valence-corrected chi connectivity index (χ2v) is 13.2. The number of nitrogens with zero attached hydrogens (tertiary/aromatic N) is 7. The number of amides is 2. The van der Waals surface area contributed by atoms with E-state index in [1.54, 1.807) is 9.80 Å².